The highest BCUT2D eigenvalue weighted by Gasteiger charge is 2.26. The van der Waals surface area contributed by atoms with Crippen molar-refractivity contribution in [3.63, 3.8) is 0 Å². The number of aliphatic carboxylic acids is 1. The monoisotopic (exact) mass is 317 g/mol. The average Bonchev–Trinajstić information content (AvgIpc) is 2.52. The number of hydrogen-bond donors (Lipinski definition) is 1. The van der Waals surface area contributed by atoms with Crippen LogP contribution in [0.1, 0.15) is 22.8 Å². The zero-order valence-corrected chi connectivity index (χ0v) is 12.8. The summed E-state index contributed by atoms with van der Waals surface area (Å²) in [5.74, 6) is -1.41. The van der Waals surface area contributed by atoms with Gasteiger partial charge in [0.05, 0.1) is 0 Å². The van der Waals surface area contributed by atoms with Gasteiger partial charge in [0.2, 0.25) is 0 Å². The first-order valence-electron chi connectivity index (χ1n) is 6.82. The van der Waals surface area contributed by atoms with Crippen LogP contribution >= 0.6 is 11.6 Å². The number of carboxylic acid groups (broad SMARTS) is 1. The summed E-state index contributed by atoms with van der Waals surface area (Å²) in [5, 5.41) is 9.70. The van der Waals surface area contributed by atoms with Gasteiger partial charge >= 0.3 is 5.97 Å². The fraction of sp³-hybridized carbons (Fsp3) is 0.176. The Morgan fingerprint density at radius 1 is 1.14 bits per heavy atom. The lowest BCUT2D eigenvalue weighted by atomic mass is 10.1. The van der Waals surface area contributed by atoms with Gasteiger partial charge in [-0.05, 0) is 30.7 Å². The largest absolute Gasteiger partial charge is 0.480 e. The Morgan fingerprint density at radius 3 is 2.41 bits per heavy atom. The van der Waals surface area contributed by atoms with E-state index in [1.54, 1.807) is 18.2 Å². The van der Waals surface area contributed by atoms with Crippen LogP contribution in [-0.4, -0.2) is 27.9 Å². The number of hydrogen-bond acceptors (Lipinski definition) is 2. The minimum absolute atomic E-state index is 0.222. The van der Waals surface area contributed by atoms with Crippen LogP contribution in [0.4, 0.5) is 0 Å². The average molecular weight is 318 g/mol. The van der Waals surface area contributed by atoms with E-state index >= 15 is 0 Å². The first-order chi connectivity index (χ1) is 10.5. The zero-order chi connectivity index (χ0) is 16.1. The normalized spacial score (nSPS) is 11.7. The molecule has 0 saturated carbocycles. The van der Waals surface area contributed by atoms with Crippen LogP contribution in [0.3, 0.4) is 0 Å². The van der Waals surface area contributed by atoms with Gasteiger partial charge in [0, 0.05) is 17.1 Å². The van der Waals surface area contributed by atoms with Gasteiger partial charge in [-0.1, -0.05) is 48.0 Å². The standard InChI is InChI=1S/C17H16ClNO3/c1-12(17(21)22)19(11-13-6-3-2-4-7-13)16(20)14-8-5-9-15(18)10-14/h2-10,12H,11H2,1H3,(H,21,22). The molecule has 2 rings (SSSR count). The summed E-state index contributed by atoms with van der Waals surface area (Å²) in [7, 11) is 0. The molecule has 0 spiro atoms. The van der Waals surface area contributed by atoms with Crippen molar-refractivity contribution in [1.29, 1.82) is 0 Å². The van der Waals surface area contributed by atoms with Crippen LogP contribution in [0.2, 0.25) is 5.02 Å². The fourth-order valence-electron chi connectivity index (χ4n) is 2.09. The van der Waals surface area contributed by atoms with E-state index in [4.69, 9.17) is 11.6 Å². The Hall–Kier alpha value is -2.33. The summed E-state index contributed by atoms with van der Waals surface area (Å²) in [6, 6.07) is 14.8. The minimum Gasteiger partial charge on any atom is -0.480 e. The summed E-state index contributed by atoms with van der Waals surface area (Å²) in [6.45, 7) is 1.72. The highest BCUT2D eigenvalue weighted by atomic mass is 35.5. The lowest BCUT2D eigenvalue weighted by Gasteiger charge is -2.27. The van der Waals surface area contributed by atoms with Crippen LogP contribution in [0.15, 0.2) is 54.6 Å². The van der Waals surface area contributed by atoms with Gasteiger partial charge in [0.15, 0.2) is 0 Å². The molecule has 0 radical (unpaired) electrons. The highest BCUT2D eigenvalue weighted by molar-refractivity contribution is 6.30. The second-order valence-corrected chi connectivity index (χ2v) is 5.38. The summed E-state index contributed by atoms with van der Waals surface area (Å²) < 4.78 is 0. The molecule has 0 fully saturated rings. The van der Waals surface area contributed by atoms with Crippen LogP contribution in [0.25, 0.3) is 0 Å². The summed E-state index contributed by atoms with van der Waals surface area (Å²) in [6.07, 6.45) is 0. The molecule has 0 saturated heterocycles. The molecular formula is C17H16ClNO3. The summed E-state index contributed by atoms with van der Waals surface area (Å²) >= 11 is 5.91. The van der Waals surface area contributed by atoms with Crippen molar-refractivity contribution in [2.45, 2.75) is 19.5 Å². The van der Waals surface area contributed by atoms with Gasteiger partial charge in [0.25, 0.3) is 5.91 Å². The maximum atomic E-state index is 12.7. The van der Waals surface area contributed by atoms with E-state index in [9.17, 15) is 14.7 Å². The Kier molecular flexibility index (Phi) is 5.17. The van der Waals surface area contributed by atoms with Crippen LogP contribution in [-0.2, 0) is 11.3 Å². The maximum Gasteiger partial charge on any atom is 0.326 e. The molecule has 1 unspecified atom stereocenters. The summed E-state index contributed by atoms with van der Waals surface area (Å²) in [4.78, 5) is 25.3. The molecule has 0 bridgehead atoms. The molecule has 1 amide bonds. The number of carbonyl (C=O) groups is 2. The predicted octanol–water partition coefficient (Wildman–Crippen LogP) is 3.46. The number of benzene rings is 2. The molecule has 1 atom stereocenters. The Morgan fingerprint density at radius 2 is 1.82 bits per heavy atom. The van der Waals surface area contributed by atoms with Gasteiger partial charge in [-0.2, -0.15) is 0 Å². The van der Waals surface area contributed by atoms with Crippen LogP contribution < -0.4 is 0 Å². The van der Waals surface area contributed by atoms with Gasteiger partial charge in [-0.3, -0.25) is 4.79 Å². The summed E-state index contributed by atoms with van der Waals surface area (Å²) in [5.41, 5.74) is 1.24. The van der Waals surface area contributed by atoms with E-state index < -0.39 is 12.0 Å². The smallest absolute Gasteiger partial charge is 0.326 e. The van der Waals surface area contributed by atoms with E-state index in [1.165, 1.54) is 17.9 Å². The molecule has 114 valence electrons. The number of carboxylic acids is 1. The van der Waals surface area contributed by atoms with Crippen molar-refractivity contribution in [1.82, 2.24) is 4.90 Å². The molecular weight excluding hydrogens is 302 g/mol. The van der Waals surface area contributed by atoms with E-state index in [2.05, 4.69) is 0 Å². The first-order valence-corrected chi connectivity index (χ1v) is 7.20. The van der Waals surface area contributed by atoms with Gasteiger partial charge in [0.1, 0.15) is 6.04 Å². The van der Waals surface area contributed by atoms with Crippen molar-refractivity contribution in [2.75, 3.05) is 0 Å². The molecule has 0 aliphatic carbocycles. The minimum atomic E-state index is -1.05. The van der Waals surface area contributed by atoms with Gasteiger partial charge < -0.3 is 10.0 Å². The Labute approximate surface area is 133 Å². The van der Waals surface area contributed by atoms with Crippen molar-refractivity contribution in [3.8, 4) is 0 Å². The molecule has 2 aromatic carbocycles. The predicted molar refractivity (Wildman–Crippen MR) is 84.9 cm³/mol. The van der Waals surface area contributed by atoms with Crippen LogP contribution in [0.5, 0.6) is 0 Å². The van der Waals surface area contributed by atoms with Crippen molar-refractivity contribution in [3.05, 3.63) is 70.7 Å². The van der Waals surface area contributed by atoms with Crippen molar-refractivity contribution >= 4 is 23.5 Å². The lowest BCUT2D eigenvalue weighted by molar-refractivity contribution is -0.141. The molecule has 0 aliphatic rings. The van der Waals surface area contributed by atoms with E-state index in [-0.39, 0.29) is 12.5 Å². The third-order valence-corrected chi connectivity index (χ3v) is 3.59. The Bertz CT molecular complexity index is 673. The number of amides is 1. The maximum absolute atomic E-state index is 12.7. The zero-order valence-electron chi connectivity index (χ0n) is 12.1. The SMILES string of the molecule is CC(C(=O)O)N(Cc1ccccc1)C(=O)c1cccc(Cl)c1. The quantitative estimate of drug-likeness (QED) is 0.918. The number of rotatable bonds is 5. The van der Waals surface area contributed by atoms with Gasteiger partial charge in [-0.15, -0.1) is 0 Å². The van der Waals surface area contributed by atoms with E-state index in [0.717, 1.165) is 5.56 Å². The molecule has 5 heteroatoms. The van der Waals surface area contributed by atoms with Gasteiger partial charge in [-0.25, -0.2) is 4.79 Å². The highest BCUT2D eigenvalue weighted by Crippen LogP contribution is 2.17. The van der Waals surface area contributed by atoms with E-state index in [1.807, 2.05) is 30.3 Å². The molecule has 4 nitrogen and oxygen atoms in total. The van der Waals surface area contributed by atoms with Crippen molar-refractivity contribution < 1.29 is 14.7 Å². The molecule has 1 N–H and O–H groups in total. The molecule has 2 aromatic rings. The fourth-order valence-corrected chi connectivity index (χ4v) is 2.28. The van der Waals surface area contributed by atoms with E-state index in [0.29, 0.717) is 10.6 Å². The molecule has 0 heterocycles. The molecule has 22 heavy (non-hydrogen) atoms. The number of carbonyl (C=O) groups excluding carboxylic acids is 1. The third-order valence-electron chi connectivity index (χ3n) is 3.35. The molecule has 0 aliphatic heterocycles. The molecule has 0 aromatic heterocycles. The second kappa shape index (κ2) is 7.09. The van der Waals surface area contributed by atoms with Crippen LogP contribution in [0, 0.1) is 0 Å². The third kappa shape index (κ3) is 3.86. The van der Waals surface area contributed by atoms with Crippen molar-refractivity contribution in [2.24, 2.45) is 0 Å². The topological polar surface area (TPSA) is 57.6 Å². The number of halogens is 1. The lowest BCUT2D eigenvalue weighted by Crippen LogP contribution is -2.42. The Balaban J connectivity index is 2.31. The first kappa shape index (κ1) is 16.0. The number of nitrogens with zero attached hydrogens (tertiary/aromatic N) is 1. The second-order valence-electron chi connectivity index (χ2n) is 4.94.